The van der Waals surface area contributed by atoms with Crippen molar-refractivity contribution in [3.63, 3.8) is 0 Å². The van der Waals surface area contributed by atoms with Gasteiger partial charge in [0, 0.05) is 49.3 Å². The minimum atomic E-state index is -0.501. The molecule has 9 heteroatoms. The molecular weight excluding hydrogens is 456 g/mol. The van der Waals surface area contributed by atoms with Crippen LogP contribution in [0.2, 0.25) is 0 Å². The van der Waals surface area contributed by atoms with E-state index < -0.39 is 5.41 Å². The molecule has 0 unspecified atom stereocenters. The summed E-state index contributed by atoms with van der Waals surface area (Å²) in [6, 6.07) is 2.34. The number of hydrogen-bond donors (Lipinski definition) is 2. The molecule has 4 heterocycles. The van der Waals surface area contributed by atoms with Crippen LogP contribution >= 0.6 is 0 Å². The van der Waals surface area contributed by atoms with Gasteiger partial charge in [-0.2, -0.15) is 4.98 Å². The van der Waals surface area contributed by atoms with Crippen molar-refractivity contribution in [1.29, 1.82) is 0 Å². The van der Waals surface area contributed by atoms with Gasteiger partial charge in [-0.1, -0.05) is 11.6 Å². The highest BCUT2D eigenvalue weighted by molar-refractivity contribution is 5.91. The van der Waals surface area contributed by atoms with E-state index in [-0.39, 0.29) is 5.54 Å². The lowest BCUT2D eigenvalue weighted by Gasteiger charge is -2.36. The predicted molar refractivity (Wildman–Crippen MR) is 134 cm³/mol. The molecule has 2 saturated heterocycles. The first-order chi connectivity index (χ1) is 17.6. The van der Waals surface area contributed by atoms with Gasteiger partial charge in [0.1, 0.15) is 18.2 Å². The van der Waals surface area contributed by atoms with E-state index in [0.29, 0.717) is 42.3 Å². The van der Waals surface area contributed by atoms with Gasteiger partial charge in [0.05, 0.1) is 5.41 Å². The fraction of sp³-hybridized carbons (Fsp3) is 0.704. The van der Waals surface area contributed by atoms with Gasteiger partial charge >= 0.3 is 0 Å². The molecule has 0 amide bonds. The number of carbonyl (C=O) groups excluding carboxylic acids is 1. The van der Waals surface area contributed by atoms with Crippen LogP contribution < -0.4 is 20.3 Å². The highest BCUT2D eigenvalue weighted by atomic mass is 16.5. The van der Waals surface area contributed by atoms with Crippen LogP contribution in [0.1, 0.15) is 75.5 Å². The van der Waals surface area contributed by atoms with Crippen LogP contribution in [0.5, 0.6) is 5.88 Å². The summed E-state index contributed by atoms with van der Waals surface area (Å²) in [5.74, 6) is 3.12. The van der Waals surface area contributed by atoms with Crippen LogP contribution in [0.3, 0.4) is 0 Å². The number of anilines is 1. The maximum atomic E-state index is 13.1. The van der Waals surface area contributed by atoms with Crippen molar-refractivity contribution in [2.24, 2.45) is 0 Å². The van der Waals surface area contributed by atoms with E-state index in [1.54, 1.807) is 0 Å². The van der Waals surface area contributed by atoms with Crippen molar-refractivity contribution in [2.75, 3.05) is 37.7 Å². The summed E-state index contributed by atoms with van der Waals surface area (Å²) in [5, 5.41) is 11.7. The van der Waals surface area contributed by atoms with Crippen molar-refractivity contribution in [2.45, 2.75) is 87.6 Å². The Bertz CT molecular complexity index is 1150. The van der Waals surface area contributed by atoms with Gasteiger partial charge < -0.3 is 24.8 Å². The number of nitrogens with zero attached hydrogens (tertiary/aromatic N) is 4. The summed E-state index contributed by atoms with van der Waals surface area (Å²) in [4.78, 5) is 25.3. The number of carbonyl (C=O) groups is 1. The second-order valence-corrected chi connectivity index (χ2v) is 11.5. The molecule has 7 rings (SSSR count). The Morgan fingerprint density at radius 3 is 2.83 bits per heavy atom. The average Bonchev–Trinajstić information content (AvgIpc) is 3.28. The fourth-order valence-corrected chi connectivity index (χ4v) is 6.85. The zero-order valence-electron chi connectivity index (χ0n) is 21.0. The second-order valence-electron chi connectivity index (χ2n) is 11.5. The molecule has 2 aliphatic heterocycles. The minimum Gasteiger partial charge on any atom is -0.476 e. The molecule has 2 atom stereocenters. The fourth-order valence-electron chi connectivity index (χ4n) is 6.85. The highest BCUT2D eigenvalue weighted by Crippen LogP contribution is 2.47. The normalized spacial score (nSPS) is 29.1. The molecule has 0 bridgehead atoms. The van der Waals surface area contributed by atoms with Crippen LogP contribution in [-0.4, -0.2) is 65.3 Å². The summed E-state index contributed by atoms with van der Waals surface area (Å²) in [6.45, 7) is 4.43. The molecular formula is C27H36N6O3. The standard InChI is InChI=1S/C27H36N6O3/c34-20-7-1-2-8-27(20)9-3-6-19-23(32-36-24(19)27)25-30-21(33-14-13-29-26(17-33)10-11-26)15-22(31-25)35-16-18-5-4-12-28-18/h15,18,28-29H,1-14,16-17H2/t18-,27+/m0/s1. The molecule has 2 saturated carbocycles. The summed E-state index contributed by atoms with van der Waals surface area (Å²) in [7, 11) is 0. The summed E-state index contributed by atoms with van der Waals surface area (Å²) in [5.41, 5.74) is 1.44. The summed E-state index contributed by atoms with van der Waals surface area (Å²) < 4.78 is 12.2. The van der Waals surface area contributed by atoms with E-state index in [0.717, 1.165) is 88.3 Å². The molecule has 5 aliphatic rings. The first-order valence-electron chi connectivity index (χ1n) is 13.9. The highest BCUT2D eigenvalue weighted by Gasteiger charge is 2.49. The van der Waals surface area contributed by atoms with E-state index >= 15 is 0 Å². The smallest absolute Gasteiger partial charge is 0.219 e. The largest absolute Gasteiger partial charge is 0.476 e. The van der Waals surface area contributed by atoms with Crippen LogP contribution in [0, 0.1) is 0 Å². The molecule has 2 aromatic heterocycles. The molecule has 3 aliphatic carbocycles. The molecule has 2 N–H and O–H groups in total. The number of ether oxygens (including phenoxy) is 1. The zero-order chi connectivity index (χ0) is 24.2. The third-order valence-electron chi connectivity index (χ3n) is 9.09. The molecule has 2 aromatic rings. The van der Waals surface area contributed by atoms with Crippen LogP contribution in [0.25, 0.3) is 11.5 Å². The Morgan fingerprint density at radius 2 is 2.00 bits per heavy atom. The van der Waals surface area contributed by atoms with Gasteiger partial charge in [-0.3, -0.25) is 4.79 Å². The molecule has 2 spiro atoms. The molecule has 9 nitrogen and oxygen atoms in total. The van der Waals surface area contributed by atoms with Crippen molar-refractivity contribution < 1.29 is 14.1 Å². The molecule has 0 aromatic carbocycles. The van der Waals surface area contributed by atoms with Crippen molar-refractivity contribution in [3.8, 4) is 17.4 Å². The quantitative estimate of drug-likeness (QED) is 0.652. The third-order valence-corrected chi connectivity index (χ3v) is 9.09. The van der Waals surface area contributed by atoms with Gasteiger partial charge in [0.2, 0.25) is 5.88 Å². The van der Waals surface area contributed by atoms with Crippen molar-refractivity contribution >= 4 is 11.6 Å². The van der Waals surface area contributed by atoms with Crippen molar-refractivity contribution in [3.05, 3.63) is 17.4 Å². The number of rotatable bonds is 5. The Hall–Kier alpha value is -2.52. The number of Topliss-reactive ketones (excluding diaryl/α,β-unsaturated/α-hetero) is 1. The van der Waals surface area contributed by atoms with E-state index in [4.69, 9.17) is 19.2 Å². The molecule has 36 heavy (non-hydrogen) atoms. The topological polar surface area (TPSA) is 105 Å². The van der Waals surface area contributed by atoms with Crippen LogP contribution in [0.15, 0.2) is 10.6 Å². The molecule has 192 valence electrons. The Balaban J connectivity index is 1.25. The number of ketones is 1. The first kappa shape index (κ1) is 22.7. The number of piperazine rings is 1. The first-order valence-corrected chi connectivity index (χ1v) is 13.9. The van der Waals surface area contributed by atoms with E-state index in [1.807, 2.05) is 6.07 Å². The van der Waals surface area contributed by atoms with E-state index in [2.05, 4.69) is 20.7 Å². The number of fused-ring (bicyclic) bond motifs is 2. The van der Waals surface area contributed by atoms with Crippen LogP contribution in [-0.2, 0) is 16.6 Å². The summed E-state index contributed by atoms with van der Waals surface area (Å²) in [6.07, 6.45) is 10.9. The maximum Gasteiger partial charge on any atom is 0.219 e. The summed E-state index contributed by atoms with van der Waals surface area (Å²) >= 11 is 0. The molecule has 4 fully saturated rings. The monoisotopic (exact) mass is 492 g/mol. The molecule has 0 radical (unpaired) electrons. The third kappa shape index (κ3) is 3.91. The van der Waals surface area contributed by atoms with Gasteiger partial charge in [-0.15, -0.1) is 0 Å². The minimum absolute atomic E-state index is 0.235. The van der Waals surface area contributed by atoms with Gasteiger partial charge in [-0.25, -0.2) is 4.98 Å². The van der Waals surface area contributed by atoms with E-state index in [1.165, 1.54) is 19.3 Å². The zero-order valence-corrected chi connectivity index (χ0v) is 21.0. The van der Waals surface area contributed by atoms with Gasteiger partial charge in [0.15, 0.2) is 17.3 Å². The van der Waals surface area contributed by atoms with Crippen LogP contribution in [0.4, 0.5) is 5.82 Å². The predicted octanol–water partition coefficient (Wildman–Crippen LogP) is 2.92. The van der Waals surface area contributed by atoms with Crippen molar-refractivity contribution in [1.82, 2.24) is 25.8 Å². The Morgan fingerprint density at radius 1 is 1.08 bits per heavy atom. The lowest BCUT2D eigenvalue weighted by Crippen LogP contribution is -2.52. The Labute approximate surface area is 211 Å². The average molecular weight is 493 g/mol. The van der Waals surface area contributed by atoms with E-state index in [9.17, 15) is 4.79 Å². The number of aromatic nitrogens is 3. The Kier molecular flexibility index (Phi) is 5.54. The van der Waals surface area contributed by atoms with Gasteiger partial charge in [0.25, 0.3) is 0 Å². The maximum absolute atomic E-state index is 13.1. The van der Waals surface area contributed by atoms with Gasteiger partial charge in [-0.05, 0) is 64.3 Å². The number of nitrogens with one attached hydrogen (secondary N) is 2. The number of hydrogen-bond acceptors (Lipinski definition) is 9. The lowest BCUT2D eigenvalue weighted by molar-refractivity contribution is -0.128. The SMILES string of the molecule is O=C1CCCC[C@@]12CCCc1c(-c3nc(OC[C@@H]4CCCN4)cc(N4CCNC5(CC5)C4)n3)noc12. The lowest BCUT2D eigenvalue weighted by atomic mass is 9.64. The second kappa shape index (κ2) is 8.80.